The Morgan fingerprint density at radius 3 is 2.08 bits per heavy atom. The van der Waals surface area contributed by atoms with Gasteiger partial charge in [0.25, 0.3) is 0 Å². The van der Waals surface area contributed by atoms with Crippen molar-refractivity contribution in [3.63, 3.8) is 0 Å². The fourth-order valence-corrected chi connectivity index (χ4v) is 2.25. The van der Waals surface area contributed by atoms with Crippen LogP contribution in [-0.2, 0) is 4.79 Å². The Morgan fingerprint density at radius 2 is 1.54 bits per heavy atom. The number of carbonyl (C=O) groups excluding carboxylic acids is 2. The molecule has 0 atom stereocenters. The third-order valence-corrected chi connectivity index (χ3v) is 3.94. The summed E-state index contributed by atoms with van der Waals surface area (Å²) in [6, 6.07) is 12.0. The van der Waals surface area contributed by atoms with Crippen LogP contribution in [0.4, 0.5) is 0 Å². The molecule has 0 unspecified atom stereocenters. The molecular formula is C18H18Br2O4. The molecule has 0 aliphatic heterocycles. The fourth-order valence-electron chi connectivity index (χ4n) is 1.63. The molecule has 0 fully saturated rings. The van der Waals surface area contributed by atoms with Gasteiger partial charge in [0.2, 0.25) is 0 Å². The minimum atomic E-state index is -0.211. The van der Waals surface area contributed by atoms with Crippen molar-refractivity contribution >= 4 is 43.6 Å². The van der Waals surface area contributed by atoms with E-state index in [2.05, 4.69) is 31.9 Å². The lowest BCUT2D eigenvalue weighted by Gasteiger charge is -2.01. The summed E-state index contributed by atoms with van der Waals surface area (Å²) in [4.78, 5) is 22.0. The Bertz CT molecular complexity index is 697. The Labute approximate surface area is 158 Å². The molecule has 2 rings (SSSR count). The summed E-state index contributed by atoms with van der Waals surface area (Å²) in [6.07, 6.45) is 0.806. The standard InChI is InChI=1S/2C9H9BrO2/c1-2-9(11)12-8-5-3-7(10)4-6-8;1-2-8(11)7-5-6(10)3-4-9(7)12/h3-6H,2H2,1H3;3-5,12H,2H2,1H3. The van der Waals surface area contributed by atoms with E-state index in [1.54, 1.807) is 38.1 Å². The number of carbonyl (C=O) groups is 2. The molecular weight excluding hydrogens is 440 g/mol. The number of halogens is 2. The zero-order chi connectivity index (χ0) is 18.1. The second-order valence-electron chi connectivity index (χ2n) is 4.72. The van der Waals surface area contributed by atoms with Gasteiger partial charge in [0.1, 0.15) is 11.5 Å². The van der Waals surface area contributed by atoms with Gasteiger partial charge < -0.3 is 9.84 Å². The summed E-state index contributed by atoms with van der Waals surface area (Å²) in [6.45, 7) is 3.53. The number of phenols is 1. The number of benzene rings is 2. The molecule has 0 amide bonds. The predicted octanol–water partition coefficient (Wildman–Crippen LogP) is 5.51. The van der Waals surface area contributed by atoms with Gasteiger partial charge >= 0.3 is 5.97 Å². The van der Waals surface area contributed by atoms with Crippen molar-refractivity contribution in [2.24, 2.45) is 0 Å². The summed E-state index contributed by atoms with van der Waals surface area (Å²) >= 11 is 6.52. The van der Waals surface area contributed by atoms with Crippen LogP contribution in [0.1, 0.15) is 37.0 Å². The van der Waals surface area contributed by atoms with Crippen molar-refractivity contribution in [2.75, 3.05) is 0 Å². The number of phenolic OH excluding ortho intramolecular Hbond substituents is 1. The number of ether oxygens (including phenoxy) is 1. The van der Waals surface area contributed by atoms with Gasteiger partial charge in [-0.15, -0.1) is 0 Å². The number of ketones is 1. The van der Waals surface area contributed by atoms with E-state index in [1.807, 2.05) is 12.1 Å². The molecule has 2 aromatic rings. The molecule has 0 radical (unpaired) electrons. The topological polar surface area (TPSA) is 63.6 Å². The zero-order valence-electron chi connectivity index (χ0n) is 13.4. The quantitative estimate of drug-likeness (QED) is 0.373. The van der Waals surface area contributed by atoms with Gasteiger partial charge in [-0.25, -0.2) is 0 Å². The first-order valence-electron chi connectivity index (χ1n) is 7.35. The number of Topliss-reactive ketones (excluding diaryl/α,β-unsaturated/α-hetero) is 1. The summed E-state index contributed by atoms with van der Waals surface area (Å²) in [5.74, 6) is 0.376. The van der Waals surface area contributed by atoms with Gasteiger partial charge in [-0.05, 0) is 42.5 Å². The third kappa shape index (κ3) is 6.84. The predicted molar refractivity (Wildman–Crippen MR) is 100 cm³/mol. The van der Waals surface area contributed by atoms with E-state index in [0.717, 1.165) is 8.95 Å². The molecule has 0 saturated carbocycles. The number of hydrogen-bond donors (Lipinski definition) is 1. The van der Waals surface area contributed by atoms with Crippen LogP contribution in [-0.4, -0.2) is 16.9 Å². The lowest BCUT2D eigenvalue weighted by molar-refractivity contribution is -0.134. The number of esters is 1. The number of hydrogen-bond acceptors (Lipinski definition) is 4. The smallest absolute Gasteiger partial charge is 0.310 e. The third-order valence-electron chi connectivity index (χ3n) is 2.91. The van der Waals surface area contributed by atoms with E-state index in [9.17, 15) is 14.7 Å². The van der Waals surface area contributed by atoms with Gasteiger partial charge in [0, 0.05) is 21.8 Å². The summed E-state index contributed by atoms with van der Waals surface area (Å²) in [5, 5.41) is 9.29. The Balaban J connectivity index is 0.000000240. The first-order chi connectivity index (χ1) is 11.4. The second-order valence-corrected chi connectivity index (χ2v) is 6.55. The Morgan fingerprint density at radius 1 is 0.958 bits per heavy atom. The van der Waals surface area contributed by atoms with Crippen LogP contribution >= 0.6 is 31.9 Å². The molecule has 0 saturated heterocycles. The molecule has 1 N–H and O–H groups in total. The van der Waals surface area contributed by atoms with Crippen molar-refractivity contribution in [1.82, 2.24) is 0 Å². The maximum absolute atomic E-state index is 11.2. The molecule has 0 bridgehead atoms. The van der Waals surface area contributed by atoms with Crippen LogP contribution in [0.15, 0.2) is 51.4 Å². The van der Waals surface area contributed by atoms with E-state index in [0.29, 0.717) is 24.2 Å². The van der Waals surface area contributed by atoms with Gasteiger partial charge in [-0.3, -0.25) is 9.59 Å². The van der Waals surface area contributed by atoms with Crippen LogP contribution in [0, 0.1) is 0 Å². The van der Waals surface area contributed by atoms with E-state index in [1.165, 1.54) is 6.07 Å². The summed E-state index contributed by atoms with van der Waals surface area (Å²) in [7, 11) is 0. The van der Waals surface area contributed by atoms with E-state index < -0.39 is 0 Å². The summed E-state index contributed by atoms with van der Waals surface area (Å²) in [5.41, 5.74) is 0.381. The van der Waals surface area contributed by atoms with Crippen molar-refractivity contribution < 1.29 is 19.4 Å². The molecule has 0 aromatic heterocycles. The highest BCUT2D eigenvalue weighted by molar-refractivity contribution is 9.10. The SMILES string of the molecule is CCC(=O)Oc1ccc(Br)cc1.CCC(=O)c1cc(Br)ccc1O. The average molecular weight is 458 g/mol. The van der Waals surface area contributed by atoms with E-state index in [4.69, 9.17) is 4.74 Å². The van der Waals surface area contributed by atoms with Crippen LogP contribution in [0.3, 0.4) is 0 Å². The Kier molecular flexibility index (Phi) is 8.71. The van der Waals surface area contributed by atoms with Crippen molar-refractivity contribution in [1.29, 1.82) is 0 Å². The van der Waals surface area contributed by atoms with E-state index >= 15 is 0 Å². The minimum absolute atomic E-state index is 0.0463. The van der Waals surface area contributed by atoms with Gasteiger partial charge in [0.15, 0.2) is 5.78 Å². The molecule has 128 valence electrons. The summed E-state index contributed by atoms with van der Waals surface area (Å²) < 4.78 is 6.73. The number of aromatic hydroxyl groups is 1. The minimum Gasteiger partial charge on any atom is -0.507 e. The maximum Gasteiger partial charge on any atom is 0.310 e. The van der Waals surface area contributed by atoms with Crippen molar-refractivity contribution in [3.05, 3.63) is 57.0 Å². The normalized spacial score (nSPS) is 9.67. The molecule has 4 nitrogen and oxygen atoms in total. The maximum atomic E-state index is 11.2. The van der Waals surface area contributed by atoms with Gasteiger partial charge in [-0.2, -0.15) is 0 Å². The molecule has 0 aliphatic rings. The lowest BCUT2D eigenvalue weighted by atomic mass is 10.1. The number of rotatable bonds is 4. The van der Waals surface area contributed by atoms with Gasteiger partial charge in [0.05, 0.1) is 5.56 Å². The molecule has 2 aromatic carbocycles. The highest BCUT2D eigenvalue weighted by Gasteiger charge is 2.08. The van der Waals surface area contributed by atoms with E-state index in [-0.39, 0.29) is 17.5 Å². The van der Waals surface area contributed by atoms with Crippen LogP contribution in [0.5, 0.6) is 11.5 Å². The van der Waals surface area contributed by atoms with Crippen LogP contribution in [0.2, 0.25) is 0 Å². The monoisotopic (exact) mass is 456 g/mol. The fraction of sp³-hybridized carbons (Fsp3) is 0.222. The second kappa shape index (κ2) is 10.3. The van der Waals surface area contributed by atoms with Crippen LogP contribution < -0.4 is 4.74 Å². The largest absolute Gasteiger partial charge is 0.507 e. The molecule has 24 heavy (non-hydrogen) atoms. The van der Waals surface area contributed by atoms with Crippen LogP contribution in [0.25, 0.3) is 0 Å². The Hall–Kier alpha value is -1.66. The van der Waals surface area contributed by atoms with Crippen molar-refractivity contribution in [2.45, 2.75) is 26.7 Å². The molecule has 0 heterocycles. The van der Waals surface area contributed by atoms with Crippen molar-refractivity contribution in [3.8, 4) is 11.5 Å². The molecule has 0 spiro atoms. The highest BCUT2D eigenvalue weighted by Crippen LogP contribution is 2.22. The highest BCUT2D eigenvalue weighted by atomic mass is 79.9. The average Bonchev–Trinajstić information content (AvgIpc) is 2.58. The zero-order valence-corrected chi connectivity index (χ0v) is 16.6. The first-order valence-corrected chi connectivity index (χ1v) is 8.93. The molecule has 6 heteroatoms. The molecule has 0 aliphatic carbocycles. The van der Waals surface area contributed by atoms with Gasteiger partial charge in [-0.1, -0.05) is 45.7 Å². The lowest BCUT2D eigenvalue weighted by Crippen LogP contribution is -2.04. The first kappa shape index (κ1) is 20.4.